The van der Waals surface area contributed by atoms with Crippen molar-refractivity contribution in [2.45, 2.75) is 13.8 Å². The van der Waals surface area contributed by atoms with Gasteiger partial charge in [0.25, 0.3) is 0 Å². The van der Waals surface area contributed by atoms with E-state index < -0.39 is 5.97 Å². The molecule has 0 heterocycles. The number of aliphatic imine (C=N–C) groups is 1. The fourth-order valence-corrected chi connectivity index (χ4v) is 0.732. The van der Waals surface area contributed by atoms with E-state index in [-0.39, 0.29) is 11.4 Å². The van der Waals surface area contributed by atoms with E-state index in [0.29, 0.717) is 6.61 Å². The van der Waals surface area contributed by atoms with Crippen molar-refractivity contribution in [1.29, 1.82) is 0 Å². The van der Waals surface area contributed by atoms with Crippen LogP contribution in [0.2, 0.25) is 0 Å². The van der Waals surface area contributed by atoms with Gasteiger partial charge < -0.3 is 10.5 Å². The summed E-state index contributed by atoms with van der Waals surface area (Å²) in [6, 6.07) is 0. The lowest BCUT2D eigenvalue weighted by Gasteiger charge is -2.02. The number of allylic oxidation sites excluding steroid dienone is 2. The highest BCUT2D eigenvalue weighted by molar-refractivity contribution is 5.90. The number of nitrogens with zero attached hydrogens (tertiary/aromatic N) is 1. The largest absolute Gasteiger partial charge is 0.461 e. The maximum atomic E-state index is 11.2. The van der Waals surface area contributed by atoms with E-state index in [0.717, 1.165) is 0 Å². The van der Waals surface area contributed by atoms with Gasteiger partial charge in [0.05, 0.1) is 12.3 Å². The lowest BCUT2D eigenvalue weighted by atomic mass is 10.3. The second-order valence-corrected chi connectivity index (χ2v) is 2.18. The molecule has 72 valence electrons. The van der Waals surface area contributed by atoms with Crippen LogP contribution < -0.4 is 5.73 Å². The third-order valence-electron chi connectivity index (χ3n) is 1.25. The molecule has 0 aromatic carbocycles. The lowest BCUT2D eigenvalue weighted by molar-refractivity contribution is -0.138. The van der Waals surface area contributed by atoms with Crippen molar-refractivity contribution in [1.82, 2.24) is 0 Å². The first-order chi connectivity index (χ1) is 6.17. The van der Waals surface area contributed by atoms with E-state index in [4.69, 9.17) is 10.5 Å². The second kappa shape index (κ2) is 5.99. The third-order valence-corrected chi connectivity index (χ3v) is 1.25. The zero-order chi connectivity index (χ0) is 10.3. The summed E-state index contributed by atoms with van der Waals surface area (Å²) in [7, 11) is 0. The molecule has 4 heteroatoms. The van der Waals surface area contributed by atoms with Gasteiger partial charge in [0.15, 0.2) is 5.70 Å². The molecule has 0 aliphatic heterocycles. The number of esters is 1. The van der Waals surface area contributed by atoms with Crippen LogP contribution in [0.25, 0.3) is 0 Å². The van der Waals surface area contributed by atoms with E-state index in [2.05, 4.69) is 11.7 Å². The minimum atomic E-state index is -0.548. The van der Waals surface area contributed by atoms with Gasteiger partial charge in [0.1, 0.15) is 0 Å². The summed E-state index contributed by atoms with van der Waals surface area (Å²) in [5.74, 6) is -0.548. The molecule has 0 fully saturated rings. The van der Waals surface area contributed by atoms with Crippen molar-refractivity contribution in [3.05, 3.63) is 23.5 Å². The maximum absolute atomic E-state index is 11.2. The minimum Gasteiger partial charge on any atom is -0.461 e. The molecule has 0 unspecified atom stereocenters. The first-order valence-electron chi connectivity index (χ1n) is 3.93. The standard InChI is InChI=1S/C9H14N2O2/c1-4-6-7(10)8(11-3)9(12)13-5-2/h4,6H,3,5,10H2,1-2H3/b6-4-,8-7+. The summed E-state index contributed by atoms with van der Waals surface area (Å²) in [6.07, 6.45) is 3.28. The highest BCUT2D eigenvalue weighted by atomic mass is 16.5. The van der Waals surface area contributed by atoms with Crippen molar-refractivity contribution in [3.63, 3.8) is 0 Å². The Hall–Kier alpha value is -1.58. The first kappa shape index (κ1) is 11.4. The Kier molecular flexibility index (Phi) is 5.27. The van der Waals surface area contributed by atoms with Gasteiger partial charge in [-0.3, -0.25) is 4.99 Å². The van der Waals surface area contributed by atoms with Gasteiger partial charge in [-0.2, -0.15) is 0 Å². The number of hydrogen-bond acceptors (Lipinski definition) is 4. The summed E-state index contributed by atoms with van der Waals surface area (Å²) in [5.41, 5.74) is 5.84. The summed E-state index contributed by atoms with van der Waals surface area (Å²) in [6.45, 7) is 7.04. The Balaban J connectivity index is 4.76. The zero-order valence-corrected chi connectivity index (χ0v) is 7.91. The van der Waals surface area contributed by atoms with Crippen LogP contribution in [-0.2, 0) is 9.53 Å². The van der Waals surface area contributed by atoms with Gasteiger partial charge in [-0.1, -0.05) is 6.08 Å². The van der Waals surface area contributed by atoms with Crippen LogP contribution in [0.3, 0.4) is 0 Å². The van der Waals surface area contributed by atoms with E-state index in [1.165, 1.54) is 0 Å². The summed E-state index contributed by atoms with van der Waals surface area (Å²) >= 11 is 0. The SMILES string of the molecule is C=N/C(C(=O)OCC)=C(N)\C=C/C. The highest BCUT2D eigenvalue weighted by Crippen LogP contribution is 2.04. The molecule has 2 N–H and O–H groups in total. The fraction of sp³-hybridized carbons (Fsp3) is 0.333. The van der Waals surface area contributed by atoms with Crippen molar-refractivity contribution >= 4 is 12.7 Å². The fourth-order valence-electron chi connectivity index (χ4n) is 0.732. The van der Waals surface area contributed by atoms with Crippen molar-refractivity contribution in [2.24, 2.45) is 10.7 Å². The highest BCUT2D eigenvalue weighted by Gasteiger charge is 2.10. The number of hydrogen-bond donors (Lipinski definition) is 1. The molecule has 0 rings (SSSR count). The van der Waals surface area contributed by atoms with Crippen molar-refractivity contribution in [3.8, 4) is 0 Å². The average molecular weight is 182 g/mol. The zero-order valence-electron chi connectivity index (χ0n) is 7.91. The van der Waals surface area contributed by atoms with Crippen molar-refractivity contribution in [2.75, 3.05) is 6.61 Å². The van der Waals surface area contributed by atoms with Gasteiger partial charge in [-0.25, -0.2) is 4.79 Å². The van der Waals surface area contributed by atoms with E-state index in [1.807, 2.05) is 0 Å². The van der Waals surface area contributed by atoms with Gasteiger partial charge in [-0.05, 0) is 26.6 Å². The van der Waals surface area contributed by atoms with Crippen LogP contribution in [0.15, 0.2) is 28.5 Å². The topological polar surface area (TPSA) is 64.7 Å². The number of rotatable bonds is 4. The predicted octanol–water partition coefficient (Wildman–Crippen LogP) is 0.997. The molecule has 4 nitrogen and oxygen atoms in total. The molecule has 0 atom stereocenters. The molecular weight excluding hydrogens is 168 g/mol. The molecule has 0 aromatic heterocycles. The lowest BCUT2D eigenvalue weighted by Crippen LogP contribution is -2.11. The van der Waals surface area contributed by atoms with Gasteiger partial charge in [-0.15, -0.1) is 0 Å². The molecule has 0 spiro atoms. The quantitative estimate of drug-likeness (QED) is 0.305. The number of carbonyl (C=O) groups is 1. The normalized spacial score (nSPS) is 12.5. The smallest absolute Gasteiger partial charge is 0.359 e. The molecule has 0 saturated heterocycles. The second-order valence-electron chi connectivity index (χ2n) is 2.18. The Morgan fingerprint density at radius 2 is 2.31 bits per heavy atom. The predicted molar refractivity (Wildman–Crippen MR) is 52.2 cm³/mol. The van der Waals surface area contributed by atoms with Crippen LogP contribution in [0.1, 0.15) is 13.8 Å². The molecule has 0 aliphatic carbocycles. The van der Waals surface area contributed by atoms with Gasteiger partial charge in [0.2, 0.25) is 0 Å². The molecule has 13 heavy (non-hydrogen) atoms. The van der Waals surface area contributed by atoms with Gasteiger partial charge in [0, 0.05) is 0 Å². The molecule has 0 bridgehead atoms. The Bertz CT molecular complexity index is 254. The molecular formula is C9H14N2O2. The summed E-state index contributed by atoms with van der Waals surface area (Å²) < 4.78 is 4.72. The van der Waals surface area contributed by atoms with Crippen LogP contribution in [0.5, 0.6) is 0 Å². The Morgan fingerprint density at radius 3 is 2.69 bits per heavy atom. The number of ether oxygens (including phenoxy) is 1. The Morgan fingerprint density at radius 1 is 1.69 bits per heavy atom. The Labute approximate surface area is 77.8 Å². The van der Waals surface area contributed by atoms with Crippen LogP contribution in [0.4, 0.5) is 0 Å². The number of nitrogens with two attached hydrogens (primary N) is 1. The molecule has 0 saturated carbocycles. The number of carbonyl (C=O) groups excluding carboxylic acids is 1. The molecule has 0 aliphatic rings. The third kappa shape index (κ3) is 3.55. The van der Waals surface area contributed by atoms with E-state index >= 15 is 0 Å². The molecule has 0 aromatic rings. The first-order valence-corrected chi connectivity index (χ1v) is 3.93. The van der Waals surface area contributed by atoms with E-state index in [1.54, 1.807) is 26.0 Å². The maximum Gasteiger partial charge on any atom is 0.359 e. The van der Waals surface area contributed by atoms with Gasteiger partial charge >= 0.3 is 5.97 Å². The van der Waals surface area contributed by atoms with Crippen LogP contribution in [0, 0.1) is 0 Å². The summed E-state index contributed by atoms with van der Waals surface area (Å²) in [5, 5.41) is 0. The summed E-state index contributed by atoms with van der Waals surface area (Å²) in [4.78, 5) is 14.7. The van der Waals surface area contributed by atoms with Crippen LogP contribution in [-0.4, -0.2) is 19.3 Å². The minimum absolute atomic E-state index is 0.0555. The van der Waals surface area contributed by atoms with E-state index in [9.17, 15) is 4.79 Å². The molecule has 0 radical (unpaired) electrons. The molecule has 0 amide bonds. The average Bonchev–Trinajstić information content (AvgIpc) is 2.06. The van der Waals surface area contributed by atoms with Crippen LogP contribution >= 0.6 is 0 Å². The monoisotopic (exact) mass is 182 g/mol. The van der Waals surface area contributed by atoms with Crippen molar-refractivity contribution < 1.29 is 9.53 Å².